The number of benzene rings is 1. The zero-order valence-electron chi connectivity index (χ0n) is 20.5. The second-order valence-corrected chi connectivity index (χ2v) is 11.6. The topological polar surface area (TPSA) is 131 Å². The first-order chi connectivity index (χ1) is 17.6. The molecule has 2 aliphatic rings. The quantitative estimate of drug-likeness (QED) is 0.294. The maximum absolute atomic E-state index is 12.1. The normalized spacial score (nSPS) is 26.2. The van der Waals surface area contributed by atoms with Crippen LogP contribution in [0.1, 0.15) is 64.3 Å². The lowest BCUT2D eigenvalue weighted by Crippen LogP contribution is -2.38. The van der Waals surface area contributed by atoms with Crippen LogP contribution in [-0.2, 0) is 4.79 Å². The lowest BCUT2D eigenvalue weighted by Gasteiger charge is -2.35. The summed E-state index contributed by atoms with van der Waals surface area (Å²) in [5.74, 6) is 0.732. The third kappa shape index (κ3) is 5.46. The Kier molecular flexibility index (Phi) is 7.42. The van der Waals surface area contributed by atoms with Crippen LogP contribution < -0.4 is 16.4 Å². The Hall–Kier alpha value is -2.33. The van der Waals surface area contributed by atoms with Gasteiger partial charge in [0.1, 0.15) is 5.52 Å². The summed E-state index contributed by atoms with van der Waals surface area (Å²) in [6, 6.07) is 3.35. The fourth-order valence-corrected chi connectivity index (χ4v) is 6.30. The van der Waals surface area contributed by atoms with Gasteiger partial charge in [0.2, 0.25) is 17.8 Å². The molecule has 5 N–H and O–H groups in total. The van der Waals surface area contributed by atoms with Crippen LogP contribution in [0.2, 0.25) is 15.1 Å². The van der Waals surface area contributed by atoms with E-state index in [9.17, 15) is 9.90 Å². The van der Waals surface area contributed by atoms with Crippen molar-refractivity contribution in [2.24, 2.45) is 11.1 Å². The smallest absolute Gasteiger partial charge is 0.224 e. The molecule has 2 aliphatic carbocycles. The molecule has 0 aliphatic heterocycles. The second-order valence-electron chi connectivity index (χ2n) is 10.4. The first-order valence-electron chi connectivity index (χ1n) is 12.5. The zero-order chi connectivity index (χ0) is 26.3. The minimum absolute atomic E-state index is 0.0176. The molecule has 2 saturated carbocycles. The first kappa shape index (κ1) is 26.3. The van der Waals surface area contributed by atoms with E-state index in [1.165, 1.54) is 0 Å². The molecule has 198 valence electrons. The molecule has 9 nitrogen and oxygen atoms in total. The highest BCUT2D eigenvalue weighted by atomic mass is 35.5. The summed E-state index contributed by atoms with van der Waals surface area (Å²) >= 11 is 19.0. The molecule has 1 amide bonds. The lowest BCUT2D eigenvalue weighted by molar-refractivity contribution is -0.128. The number of nitrogens with one attached hydrogen (secondary N) is 2. The number of carbonyl (C=O) groups excluding carboxylic acids is 1. The van der Waals surface area contributed by atoms with Crippen molar-refractivity contribution in [1.82, 2.24) is 19.5 Å². The number of hydrogen-bond donors (Lipinski definition) is 4. The molecule has 2 heterocycles. The summed E-state index contributed by atoms with van der Waals surface area (Å²) in [7, 11) is 0. The van der Waals surface area contributed by atoms with Gasteiger partial charge in [-0.2, -0.15) is 4.98 Å². The van der Waals surface area contributed by atoms with Gasteiger partial charge in [0.05, 0.1) is 28.0 Å². The van der Waals surface area contributed by atoms with Crippen molar-refractivity contribution in [1.29, 1.82) is 0 Å². The average molecular weight is 567 g/mol. The van der Waals surface area contributed by atoms with Crippen LogP contribution in [0.15, 0.2) is 18.3 Å². The van der Waals surface area contributed by atoms with Crippen LogP contribution >= 0.6 is 34.8 Å². The van der Waals surface area contributed by atoms with Crippen molar-refractivity contribution < 1.29 is 9.90 Å². The third-order valence-electron chi connectivity index (χ3n) is 7.67. The average Bonchev–Trinajstić information content (AvgIpc) is 3.19. The van der Waals surface area contributed by atoms with E-state index in [2.05, 4.69) is 15.6 Å². The van der Waals surface area contributed by atoms with Gasteiger partial charge in [0.15, 0.2) is 5.65 Å². The Bertz CT molecular complexity index is 1300. The van der Waals surface area contributed by atoms with Crippen LogP contribution in [-0.4, -0.2) is 42.7 Å². The molecule has 2 atom stereocenters. The number of amides is 1. The van der Waals surface area contributed by atoms with E-state index >= 15 is 0 Å². The highest BCUT2D eigenvalue weighted by Gasteiger charge is 2.38. The zero-order valence-corrected chi connectivity index (χ0v) is 22.7. The van der Waals surface area contributed by atoms with Crippen molar-refractivity contribution in [2.75, 3.05) is 10.6 Å². The highest BCUT2D eigenvalue weighted by Crippen LogP contribution is 2.44. The van der Waals surface area contributed by atoms with Gasteiger partial charge in [-0.25, -0.2) is 9.97 Å². The molecule has 1 aromatic carbocycles. The fraction of sp³-hybridized carbons (Fsp3) is 0.520. The van der Waals surface area contributed by atoms with Gasteiger partial charge in [0, 0.05) is 22.5 Å². The molecule has 3 aromatic rings. The monoisotopic (exact) mass is 565 g/mol. The van der Waals surface area contributed by atoms with E-state index < -0.39 is 5.41 Å². The first-order valence-corrected chi connectivity index (χ1v) is 13.7. The molecule has 0 unspecified atom stereocenters. The third-order valence-corrected chi connectivity index (χ3v) is 8.49. The number of nitrogens with two attached hydrogens (primary N) is 1. The summed E-state index contributed by atoms with van der Waals surface area (Å²) in [6.45, 7) is 1.92. The van der Waals surface area contributed by atoms with Crippen LogP contribution in [0.4, 0.5) is 17.6 Å². The molecule has 2 aromatic heterocycles. The fourth-order valence-electron chi connectivity index (χ4n) is 5.39. The maximum Gasteiger partial charge on any atom is 0.224 e. The minimum atomic E-state index is -0.535. The molecule has 0 bridgehead atoms. The Morgan fingerprint density at radius 3 is 2.49 bits per heavy atom. The van der Waals surface area contributed by atoms with Crippen molar-refractivity contribution in [3.8, 4) is 0 Å². The number of aromatic nitrogens is 4. The van der Waals surface area contributed by atoms with Gasteiger partial charge >= 0.3 is 0 Å². The molecule has 2 fully saturated rings. The Labute approximate surface area is 230 Å². The van der Waals surface area contributed by atoms with Crippen LogP contribution in [0.25, 0.3) is 11.2 Å². The van der Waals surface area contributed by atoms with Crippen molar-refractivity contribution in [2.45, 2.75) is 76.5 Å². The van der Waals surface area contributed by atoms with Gasteiger partial charge in [-0.1, -0.05) is 41.7 Å². The second kappa shape index (κ2) is 10.4. The van der Waals surface area contributed by atoms with E-state index in [1.54, 1.807) is 18.3 Å². The number of primary amides is 1. The molecule has 0 spiro atoms. The Morgan fingerprint density at radius 1 is 1.14 bits per heavy atom. The molecule has 37 heavy (non-hydrogen) atoms. The maximum atomic E-state index is 12.1. The van der Waals surface area contributed by atoms with Gasteiger partial charge in [-0.05, 0) is 63.5 Å². The van der Waals surface area contributed by atoms with E-state index in [0.717, 1.165) is 32.1 Å². The van der Waals surface area contributed by atoms with E-state index in [0.29, 0.717) is 63.1 Å². The molecule has 12 heteroatoms. The molecule has 0 radical (unpaired) electrons. The van der Waals surface area contributed by atoms with Crippen LogP contribution in [0.5, 0.6) is 0 Å². The minimum Gasteiger partial charge on any atom is -0.393 e. The molecular weight excluding hydrogens is 537 g/mol. The van der Waals surface area contributed by atoms with Crippen molar-refractivity contribution >= 4 is 69.5 Å². The summed E-state index contributed by atoms with van der Waals surface area (Å²) < 4.78 is 2.04. The summed E-state index contributed by atoms with van der Waals surface area (Å²) in [4.78, 5) is 26.2. The number of hydrogen-bond acceptors (Lipinski definition) is 7. The lowest BCUT2D eigenvalue weighted by atomic mass is 9.73. The van der Waals surface area contributed by atoms with Crippen LogP contribution in [0, 0.1) is 5.41 Å². The predicted molar refractivity (Wildman–Crippen MR) is 147 cm³/mol. The summed E-state index contributed by atoms with van der Waals surface area (Å²) in [6.07, 6.45) is 7.53. The number of halogens is 3. The van der Waals surface area contributed by atoms with E-state index in [1.807, 2.05) is 11.5 Å². The number of nitrogens with zero attached hydrogens (tertiary/aromatic N) is 4. The molecular formula is C25H30Cl3N7O2. The standard InChI is InChI=1S/C25H30Cl3N7O2/c1-25(22(29)37)7-5-15(6-8-25)35-21-19(12-30-23(34-21)31-14-3-2-4-16(36)11-14)32-24(35)33-20-17(27)9-13(26)10-18(20)28/h9-10,12,14-16,36H,2-8,11H2,1H3,(H2,29,37)(H,32,33)(H,30,31,34)/t14-,15-,16+,25+/m0/s1. The van der Waals surface area contributed by atoms with Crippen molar-refractivity contribution in [3.63, 3.8) is 0 Å². The van der Waals surface area contributed by atoms with Crippen LogP contribution in [0.3, 0.4) is 0 Å². The number of anilines is 3. The number of imidazole rings is 1. The van der Waals surface area contributed by atoms with Gasteiger partial charge in [-0.3, -0.25) is 9.36 Å². The molecule has 0 saturated heterocycles. The van der Waals surface area contributed by atoms with Gasteiger partial charge in [-0.15, -0.1) is 0 Å². The Balaban J connectivity index is 1.52. The number of rotatable bonds is 6. The van der Waals surface area contributed by atoms with Gasteiger partial charge < -0.3 is 21.5 Å². The highest BCUT2D eigenvalue weighted by molar-refractivity contribution is 6.41. The van der Waals surface area contributed by atoms with E-state index in [4.69, 9.17) is 50.5 Å². The Morgan fingerprint density at radius 2 is 1.84 bits per heavy atom. The number of aliphatic hydroxyl groups is 1. The predicted octanol–water partition coefficient (Wildman–Crippen LogP) is 5.85. The van der Waals surface area contributed by atoms with Gasteiger partial charge in [0.25, 0.3) is 0 Å². The SMILES string of the molecule is C[C@]1(C(N)=O)CC[C@@H](n2c(Nc3c(Cl)cc(Cl)cc3Cl)nc3cnc(N[C@H]4CCC[C@@H](O)C4)nc32)CC1. The molecule has 5 rings (SSSR count). The largest absolute Gasteiger partial charge is 0.393 e. The number of fused-ring (bicyclic) bond motifs is 1. The summed E-state index contributed by atoms with van der Waals surface area (Å²) in [5, 5.41) is 17.9. The summed E-state index contributed by atoms with van der Waals surface area (Å²) in [5.41, 5.74) is 6.92. The van der Waals surface area contributed by atoms with Crippen molar-refractivity contribution in [3.05, 3.63) is 33.4 Å². The van der Waals surface area contributed by atoms with E-state index in [-0.39, 0.29) is 24.1 Å². The number of aliphatic hydroxyl groups excluding tert-OH is 1. The number of carbonyl (C=O) groups is 1.